The first-order valence-electron chi connectivity index (χ1n) is 7.74. The van der Waals surface area contributed by atoms with E-state index >= 15 is 0 Å². The van der Waals surface area contributed by atoms with Gasteiger partial charge in [-0.25, -0.2) is 0 Å². The number of carbonyl (C=O) groups is 2. The normalized spacial score (nSPS) is 10.2. The van der Waals surface area contributed by atoms with Gasteiger partial charge in [0, 0.05) is 24.6 Å². The molecule has 0 saturated carbocycles. The summed E-state index contributed by atoms with van der Waals surface area (Å²) in [6.07, 6.45) is 4.90. The van der Waals surface area contributed by atoms with E-state index in [4.69, 9.17) is 0 Å². The van der Waals surface area contributed by atoms with E-state index in [1.165, 1.54) is 0 Å². The van der Waals surface area contributed by atoms with Crippen molar-refractivity contribution in [1.29, 1.82) is 0 Å². The minimum absolute atomic E-state index is 0.274. The third kappa shape index (κ3) is 4.39. The number of nitrogens with one attached hydrogen (secondary N) is 2. The van der Waals surface area contributed by atoms with Crippen LogP contribution in [0, 0.1) is 0 Å². The van der Waals surface area contributed by atoms with Crippen molar-refractivity contribution < 1.29 is 9.59 Å². The number of pyridine rings is 1. The van der Waals surface area contributed by atoms with E-state index in [0.29, 0.717) is 0 Å². The van der Waals surface area contributed by atoms with Crippen LogP contribution in [0.4, 0.5) is 5.69 Å². The predicted octanol–water partition coefficient (Wildman–Crippen LogP) is 2.46. The second kappa shape index (κ2) is 8.08. The molecule has 2 amide bonds. The van der Waals surface area contributed by atoms with Crippen LogP contribution in [0.25, 0.3) is 0 Å². The fourth-order valence-corrected chi connectivity index (χ4v) is 2.34. The van der Waals surface area contributed by atoms with Crippen molar-refractivity contribution in [2.45, 2.75) is 33.2 Å². The minimum Gasteiger partial charge on any atom is -0.344 e. The topological polar surface area (TPSA) is 71.1 Å². The lowest BCUT2D eigenvalue weighted by Crippen LogP contribution is -2.35. The minimum atomic E-state index is -0.651. The third-order valence-electron chi connectivity index (χ3n) is 3.62. The Kier molecular flexibility index (Phi) is 5.86. The molecule has 1 aromatic heterocycles. The molecular weight excluding hydrogens is 290 g/mol. The van der Waals surface area contributed by atoms with Gasteiger partial charge in [-0.1, -0.05) is 38.1 Å². The first-order chi connectivity index (χ1) is 11.2. The Bertz CT molecular complexity index is 662. The fraction of sp³-hybridized carbons (Fsp3) is 0.278. The van der Waals surface area contributed by atoms with Gasteiger partial charge in [0.2, 0.25) is 0 Å². The summed E-state index contributed by atoms with van der Waals surface area (Å²) in [5.74, 6) is -1.30. The van der Waals surface area contributed by atoms with Gasteiger partial charge in [0.25, 0.3) is 0 Å². The zero-order valence-electron chi connectivity index (χ0n) is 13.4. The summed E-state index contributed by atoms with van der Waals surface area (Å²) in [6, 6.07) is 9.51. The number of para-hydroxylation sites is 1. The summed E-state index contributed by atoms with van der Waals surface area (Å²) in [5.41, 5.74) is 3.64. The molecule has 0 aliphatic heterocycles. The molecule has 2 aromatic rings. The number of anilines is 1. The molecule has 5 nitrogen and oxygen atoms in total. The van der Waals surface area contributed by atoms with Crippen LogP contribution < -0.4 is 10.6 Å². The Morgan fingerprint density at radius 3 is 2.26 bits per heavy atom. The molecule has 0 unspecified atom stereocenters. The molecule has 0 aliphatic carbocycles. The molecule has 0 atom stereocenters. The Morgan fingerprint density at radius 1 is 1.00 bits per heavy atom. The van der Waals surface area contributed by atoms with Crippen LogP contribution in [-0.2, 0) is 29.0 Å². The average molecular weight is 311 g/mol. The lowest BCUT2D eigenvalue weighted by Gasteiger charge is -2.14. The van der Waals surface area contributed by atoms with E-state index < -0.39 is 11.8 Å². The summed E-state index contributed by atoms with van der Waals surface area (Å²) in [5, 5.41) is 5.35. The Morgan fingerprint density at radius 2 is 1.70 bits per heavy atom. The number of hydrogen-bond acceptors (Lipinski definition) is 3. The van der Waals surface area contributed by atoms with Gasteiger partial charge >= 0.3 is 11.8 Å². The number of hydrogen-bond donors (Lipinski definition) is 2. The largest absolute Gasteiger partial charge is 0.344 e. The quantitative estimate of drug-likeness (QED) is 0.833. The molecule has 2 rings (SSSR count). The Balaban J connectivity index is 2.02. The number of carbonyl (C=O) groups excluding carboxylic acids is 2. The van der Waals surface area contributed by atoms with Crippen LogP contribution in [0.1, 0.15) is 30.5 Å². The Labute approximate surface area is 136 Å². The highest BCUT2D eigenvalue weighted by Crippen LogP contribution is 2.22. The monoisotopic (exact) mass is 311 g/mol. The smallest absolute Gasteiger partial charge is 0.313 e. The van der Waals surface area contributed by atoms with Crippen molar-refractivity contribution in [2.75, 3.05) is 5.32 Å². The molecule has 120 valence electrons. The molecule has 1 heterocycles. The Hall–Kier alpha value is -2.69. The van der Waals surface area contributed by atoms with Crippen molar-refractivity contribution in [3.05, 3.63) is 59.4 Å². The van der Waals surface area contributed by atoms with E-state index in [1.807, 2.05) is 38.1 Å². The highest BCUT2D eigenvalue weighted by atomic mass is 16.2. The number of aromatic nitrogens is 1. The molecule has 0 spiro atoms. The molecule has 2 N–H and O–H groups in total. The molecule has 5 heteroatoms. The highest BCUT2D eigenvalue weighted by Gasteiger charge is 2.16. The summed E-state index contributed by atoms with van der Waals surface area (Å²) < 4.78 is 0. The van der Waals surface area contributed by atoms with Gasteiger partial charge in [0.15, 0.2) is 0 Å². The summed E-state index contributed by atoms with van der Waals surface area (Å²) in [6.45, 7) is 4.32. The van der Waals surface area contributed by atoms with E-state index in [0.717, 1.165) is 35.2 Å². The van der Waals surface area contributed by atoms with Crippen LogP contribution in [0.5, 0.6) is 0 Å². The first-order valence-corrected chi connectivity index (χ1v) is 7.74. The van der Waals surface area contributed by atoms with Gasteiger partial charge in [-0.05, 0) is 35.6 Å². The van der Waals surface area contributed by atoms with Gasteiger partial charge in [-0.15, -0.1) is 0 Å². The van der Waals surface area contributed by atoms with Crippen LogP contribution in [-0.4, -0.2) is 16.8 Å². The third-order valence-corrected chi connectivity index (χ3v) is 3.62. The molecule has 0 saturated heterocycles. The maximum absolute atomic E-state index is 12.1. The van der Waals surface area contributed by atoms with Crippen molar-refractivity contribution in [3.63, 3.8) is 0 Å². The van der Waals surface area contributed by atoms with Crippen molar-refractivity contribution in [1.82, 2.24) is 10.3 Å². The number of rotatable bonds is 5. The lowest BCUT2D eigenvalue weighted by molar-refractivity contribution is -0.136. The van der Waals surface area contributed by atoms with E-state index in [9.17, 15) is 9.59 Å². The van der Waals surface area contributed by atoms with Crippen LogP contribution in [0.2, 0.25) is 0 Å². The van der Waals surface area contributed by atoms with Crippen LogP contribution in [0.15, 0.2) is 42.7 Å². The van der Waals surface area contributed by atoms with Gasteiger partial charge < -0.3 is 10.6 Å². The molecule has 0 bridgehead atoms. The van der Waals surface area contributed by atoms with E-state index in [1.54, 1.807) is 18.5 Å². The number of benzene rings is 1. The maximum atomic E-state index is 12.1. The highest BCUT2D eigenvalue weighted by molar-refractivity contribution is 6.39. The second-order valence-electron chi connectivity index (χ2n) is 5.16. The number of aryl methyl sites for hydroxylation is 2. The van der Waals surface area contributed by atoms with E-state index in [-0.39, 0.29) is 6.54 Å². The van der Waals surface area contributed by atoms with Gasteiger partial charge in [-0.2, -0.15) is 0 Å². The number of amides is 2. The van der Waals surface area contributed by atoms with Crippen molar-refractivity contribution in [2.24, 2.45) is 0 Å². The number of nitrogens with zero attached hydrogens (tertiary/aromatic N) is 1. The molecule has 23 heavy (non-hydrogen) atoms. The molecule has 0 radical (unpaired) electrons. The fourth-order valence-electron chi connectivity index (χ4n) is 2.34. The second-order valence-corrected chi connectivity index (χ2v) is 5.16. The predicted molar refractivity (Wildman–Crippen MR) is 89.9 cm³/mol. The first kappa shape index (κ1) is 16.7. The lowest BCUT2D eigenvalue weighted by atomic mass is 10.0. The molecule has 0 aliphatic rings. The average Bonchev–Trinajstić information content (AvgIpc) is 2.60. The van der Waals surface area contributed by atoms with Crippen molar-refractivity contribution >= 4 is 17.5 Å². The standard InChI is InChI=1S/C18H21N3O2/c1-3-14-8-5-9-15(4-2)16(14)21-18(23)17(22)20-12-13-7-6-10-19-11-13/h5-11H,3-4,12H2,1-2H3,(H,20,22)(H,21,23). The van der Waals surface area contributed by atoms with Crippen LogP contribution >= 0.6 is 0 Å². The molecular formula is C18H21N3O2. The van der Waals surface area contributed by atoms with Crippen molar-refractivity contribution in [3.8, 4) is 0 Å². The summed E-state index contributed by atoms with van der Waals surface area (Å²) in [7, 11) is 0. The van der Waals surface area contributed by atoms with Crippen LogP contribution in [0.3, 0.4) is 0 Å². The zero-order chi connectivity index (χ0) is 16.7. The van der Waals surface area contributed by atoms with Gasteiger partial charge in [0.1, 0.15) is 0 Å². The molecule has 1 aromatic carbocycles. The summed E-state index contributed by atoms with van der Waals surface area (Å²) in [4.78, 5) is 28.1. The SMILES string of the molecule is CCc1cccc(CC)c1NC(=O)C(=O)NCc1cccnc1. The van der Waals surface area contributed by atoms with Gasteiger partial charge in [0.05, 0.1) is 0 Å². The van der Waals surface area contributed by atoms with E-state index in [2.05, 4.69) is 15.6 Å². The molecule has 0 fully saturated rings. The zero-order valence-corrected chi connectivity index (χ0v) is 13.4. The van der Waals surface area contributed by atoms with Gasteiger partial charge in [-0.3, -0.25) is 14.6 Å². The summed E-state index contributed by atoms with van der Waals surface area (Å²) >= 11 is 0. The maximum Gasteiger partial charge on any atom is 0.313 e.